The summed E-state index contributed by atoms with van der Waals surface area (Å²) in [4.78, 5) is 67.6. The molecule has 14 nitrogen and oxygen atoms in total. The Morgan fingerprint density at radius 1 is 0.250 bits per heavy atom. The molecule has 0 unspecified atom stereocenters. The Labute approximate surface area is 847 Å². The van der Waals surface area contributed by atoms with Gasteiger partial charge >= 0.3 is 21.1 Å². The Balaban J connectivity index is 0.000000189. The van der Waals surface area contributed by atoms with Gasteiger partial charge in [0.1, 0.15) is 0 Å². The molecule has 0 saturated heterocycles. The van der Waals surface area contributed by atoms with E-state index < -0.39 is 0 Å². The van der Waals surface area contributed by atoms with Gasteiger partial charge < -0.3 is 25.0 Å². The maximum Gasteiger partial charge on any atom is 2.00 e. The molecule has 17 rings (SSSR count). The van der Waals surface area contributed by atoms with Crippen LogP contribution in [0, 0.1) is 24.3 Å². The summed E-state index contributed by atoms with van der Waals surface area (Å²) in [6.07, 6.45) is 8.45. The molecule has 1 N–H and O–H groups in total. The minimum atomic E-state index is -0.125. The van der Waals surface area contributed by atoms with Crippen molar-refractivity contribution in [3.8, 4) is 147 Å². The fourth-order valence-corrected chi connectivity index (χ4v) is 14.2. The van der Waals surface area contributed by atoms with E-state index in [9.17, 15) is 4.79 Å². The van der Waals surface area contributed by atoms with E-state index in [1.165, 1.54) is 53.3 Å². The van der Waals surface area contributed by atoms with Gasteiger partial charge in [0, 0.05) is 123 Å². The predicted molar refractivity (Wildman–Crippen MR) is 545 cm³/mol. The van der Waals surface area contributed by atoms with E-state index in [1.54, 1.807) is 6.20 Å². The van der Waals surface area contributed by atoms with E-state index in [-0.39, 0.29) is 107 Å². The molecule has 0 aliphatic carbocycles. The maximum atomic E-state index is 10.0. The van der Waals surface area contributed by atoms with Crippen LogP contribution in [0.25, 0.3) is 147 Å². The first-order valence-electron chi connectivity index (χ1n) is 45.0. The number of aromatic nitrogens is 12. The average molecular weight is 2330 g/mol. The van der Waals surface area contributed by atoms with Gasteiger partial charge in [-0.25, -0.2) is 39.9 Å². The van der Waals surface area contributed by atoms with Crippen LogP contribution in [0.5, 0.6) is 0 Å². The van der Waals surface area contributed by atoms with Crippen LogP contribution in [-0.4, -0.2) is 70.7 Å². The van der Waals surface area contributed by atoms with Crippen molar-refractivity contribution < 1.29 is 73.1 Å². The largest absolute Gasteiger partial charge is 2.00 e. The zero-order chi connectivity index (χ0) is 94.8. The first-order chi connectivity index (χ1) is 63.3. The monoisotopic (exact) mass is 2330 g/mol. The number of hydrogen-bond donors (Lipinski definition) is 1. The average Bonchev–Trinajstić information content (AvgIpc) is 0.794. The van der Waals surface area contributed by atoms with Crippen LogP contribution >= 0.6 is 0 Å². The molecule has 0 aliphatic rings. The third kappa shape index (κ3) is 29.1. The van der Waals surface area contributed by atoms with Crippen LogP contribution in [0.4, 0.5) is 0 Å². The SMILES string of the molecule is CC(=O)C=C(C)O.CC(C)(C)c1ccc(-c2cc(-c3ccc(C(C)(C)C)cc3)nc(-c3ccc(-c4[c-]cccc4)nc3)n2)cc1.CC(C)(C)c1ccc(-c2nc(-c3ccc(C(C)(C)C)cc3)nc(-c3ccc(-c4[c-]cccc4)nc3)n2)cc1.CC(C)(C)c1ccc(-c2nc(-c3ccc(C(C)(C)C)cc3)nc(-c3ccc(-c4[c-]cccc4)nc3)n2)cc1.[Pt+2].[Pt].[Pt].[c-]1ccccc1-c1ccccn1. The summed E-state index contributed by atoms with van der Waals surface area (Å²) in [5.41, 5.74) is 26.0. The zero-order valence-electron chi connectivity index (χ0n) is 80.9. The molecule has 696 valence electrons. The molecule has 0 amide bonds. The van der Waals surface area contributed by atoms with Crippen molar-refractivity contribution in [3.63, 3.8) is 0 Å². The van der Waals surface area contributed by atoms with Gasteiger partial charge in [0.25, 0.3) is 0 Å². The Kier molecular flexibility index (Phi) is 36.1. The fourth-order valence-electron chi connectivity index (χ4n) is 14.2. The van der Waals surface area contributed by atoms with E-state index in [4.69, 9.17) is 50.0 Å². The summed E-state index contributed by atoms with van der Waals surface area (Å²) in [5.74, 6) is 4.37. The molecule has 10 aromatic carbocycles. The third-order valence-electron chi connectivity index (χ3n) is 22.2. The van der Waals surface area contributed by atoms with Crippen LogP contribution in [0.15, 0.2) is 340 Å². The van der Waals surface area contributed by atoms with E-state index in [0.29, 0.717) is 40.8 Å². The molecule has 17 aromatic rings. The van der Waals surface area contributed by atoms with Gasteiger partial charge in [-0.1, -0.05) is 319 Å². The molecule has 0 atom stereocenters. The molecule has 0 saturated carbocycles. The van der Waals surface area contributed by atoms with Gasteiger partial charge in [-0.2, -0.15) is 0 Å². The number of pyridine rings is 4. The predicted octanol–water partition coefficient (Wildman–Crippen LogP) is 29.2. The van der Waals surface area contributed by atoms with Gasteiger partial charge in [0.15, 0.2) is 46.6 Å². The van der Waals surface area contributed by atoms with Crippen molar-refractivity contribution in [2.24, 2.45) is 0 Å². The van der Waals surface area contributed by atoms with Gasteiger partial charge in [-0.3, -0.25) is 4.79 Å². The number of nitrogens with zero attached hydrogens (tertiary/aromatic N) is 12. The summed E-state index contributed by atoms with van der Waals surface area (Å²) in [7, 11) is 0. The standard InChI is InChI=1S/C35H34N3.2C34H33N4.C11H8N.C5H8O2.3Pt/c1-34(2,3)28-17-12-25(13-18-28)31-22-32(26-14-19-29(20-15-26)35(4,5)6)38-33(37-31)27-16-21-30(36-23-27)24-10-8-7-9-11-24;2*1-33(2,3)27-17-12-24(13-18-27)30-36-31(25-14-19-28(20-15-25)34(4,5)6)38-32(37-30)26-16-21-29(35-22-26)23-10-8-7-9-11-23;1-2-6-10(7-3-1)11-8-4-5-9-12-11;1-4(6)3-5(2)7;;;/h7-10,12-23H,1-6H3;2*7-10,12-22H,1-6H3;1-6,8-9H;3,6H,1-2H3;;;/q4*-1;;;;+2. The van der Waals surface area contributed by atoms with Crippen molar-refractivity contribution in [2.45, 2.75) is 171 Å². The third-order valence-corrected chi connectivity index (χ3v) is 22.2. The van der Waals surface area contributed by atoms with Gasteiger partial charge in [-0.05, 0) is 115 Å². The molecular weight excluding hydrogens is 2210 g/mol. The minimum absolute atomic E-state index is 0. The van der Waals surface area contributed by atoms with E-state index in [0.717, 1.165) is 106 Å². The van der Waals surface area contributed by atoms with Crippen molar-refractivity contribution >= 4 is 5.78 Å². The first-order valence-corrected chi connectivity index (χ1v) is 45.0. The summed E-state index contributed by atoms with van der Waals surface area (Å²) in [6, 6.07) is 116. The second-order valence-electron chi connectivity index (χ2n) is 39.1. The van der Waals surface area contributed by atoms with Crippen LogP contribution in [-0.2, 0) is 100 Å². The smallest absolute Gasteiger partial charge is 0.512 e. The first kappa shape index (κ1) is 105. The van der Waals surface area contributed by atoms with Crippen LogP contribution < -0.4 is 0 Å². The number of aliphatic hydroxyl groups is 1. The van der Waals surface area contributed by atoms with Crippen molar-refractivity contribution in [3.05, 3.63) is 398 Å². The molecule has 0 spiro atoms. The van der Waals surface area contributed by atoms with Gasteiger partial charge in [0.2, 0.25) is 0 Å². The zero-order valence-corrected chi connectivity index (χ0v) is 87.7. The van der Waals surface area contributed by atoms with E-state index in [2.05, 4.69) is 316 Å². The van der Waals surface area contributed by atoms with Crippen molar-refractivity contribution in [1.82, 2.24) is 59.8 Å². The summed E-state index contributed by atoms with van der Waals surface area (Å²) in [5, 5.41) is 8.36. The summed E-state index contributed by atoms with van der Waals surface area (Å²) >= 11 is 0. The molecule has 17 heteroatoms. The quantitative estimate of drug-likeness (QED) is 0.0614. The Hall–Kier alpha value is -12.8. The van der Waals surface area contributed by atoms with Crippen LogP contribution in [0.2, 0.25) is 0 Å². The van der Waals surface area contributed by atoms with Crippen LogP contribution in [0.1, 0.15) is 172 Å². The Morgan fingerprint density at radius 3 is 0.647 bits per heavy atom. The number of carbonyl (C=O) groups is 1. The number of benzene rings is 10. The molecular formula is C119H116N12O2Pt3-2. The molecule has 136 heavy (non-hydrogen) atoms. The van der Waals surface area contributed by atoms with Gasteiger partial charge in [-0.15, -0.1) is 144 Å². The molecule has 0 radical (unpaired) electrons. The molecule has 7 aromatic heterocycles. The molecule has 0 fully saturated rings. The normalized spacial score (nSPS) is 11.5. The second kappa shape index (κ2) is 46.6. The number of hydrogen-bond acceptors (Lipinski definition) is 14. The minimum Gasteiger partial charge on any atom is -0.512 e. The number of ketones is 1. The summed E-state index contributed by atoms with van der Waals surface area (Å²) < 4.78 is 0. The van der Waals surface area contributed by atoms with Crippen molar-refractivity contribution in [2.75, 3.05) is 0 Å². The van der Waals surface area contributed by atoms with Crippen LogP contribution in [0.3, 0.4) is 0 Å². The van der Waals surface area contributed by atoms with E-state index >= 15 is 0 Å². The number of aliphatic hydroxyl groups excluding tert-OH is 1. The second-order valence-corrected chi connectivity index (χ2v) is 39.1. The number of carbonyl (C=O) groups excluding carboxylic acids is 1. The van der Waals surface area contributed by atoms with Crippen molar-refractivity contribution in [1.29, 1.82) is 0 Å². The van der Waals surface area contributed by atoms with Gasteiger partial charge in [0.05, 0.1) is 17.1 Å². The maximum absolute atomic E-state index is 10.0. The number of rotatable bonds is 14. The number of allylic oxidation sites excluding steroid dienone is 2. The molecule has 7 heterocycles. The Bertz CT molecular complexity index is 5880. The molecule has 0 bridgehead atoms. The summed E-state index contributed by atoms with van der Waals surface area (Å²) in [6.45, 7) is 42.8. The Morgan fingerprint density at radius 2 is 0.463 bits per heavy atom. The topological polar surface area (TPSA) is 192 Å². The molecule has 0 aliphatic heterocycles. The van der Waals surface area contributed by atoms with E-state index in [1.807, 2.05) is 170 Å². The fraction of sp³-hybridized carbons (Fsp3) is 0.218.